The largest absolute Gasteiger partial charge is 0.325 e. The van der Waals surface area contributed by atoms with E-state index in [1.165, 1.54) is 54.0 Å². The maximum atomic E-state index is 13.1. The number of rotatable bonds is 6. The molecule has 2 N–H and O–H groups in total. The van der Waals surface area contributed by atoms with Gasteiger partial charge in [-0.3, -0.25) is 14.4 Å². The van der Waals surface area contributed by atoms with Gasteiger partial charge < -0.3 is 10.3 Å². The molecule has 0 spiro atoms. The quantitative estimate of drug-likeness (QED) is 0.196. The summed E-state index contributed by atoms with van der Waals surface area (Å²) in [5, 5.41) is 5.31. The molecular formula is C27H25N3O3S2. The normalized spacial score (nSPS) is 13.9. The molecule has 2 heterocycles. The number of aromatic amines is 1. The van der Waals surface area contributed by atoms with Gasteiger partial charge in [-0.2, -0.15) is 0 Å². The standard InChI is InChI=1S/C27H25N3O3S2/c1-15(31)18-8-5-9-21(13-18)28-24(32)16(2)35-27-29-25(33)23-22(14-34-26(23)30-27)20-11-10-17-6-3-4-7-19(17)12-20/h5,8-14,16H,3-4,6-7H2,1-2H3,(H,28,32)(H,29,30,33). The third kappa shape index (κ3) is 4.94. The minimum atomic E-state index is -0.503. The van der Waals surface area contributed by atoms with E-state index < -0.39 is 5.25 Å². The summed E-state index contributed by atoms with van der Waals surface area (Å²) in [7, 11) is 0. The monoisotopic (exact) mass is 503 g/mol. The molecule has 4 aromatic rings. The predicted octanol–water partition coefficient (Wildman–Crippen LogP) is 5.85. The molecule has 5 rings (SSSR count). The van der Waals surface area contributed by atoms with Crippen LogP contribution < -0.4 is 10.9 Å². The number of benzene rings is 2. The van der Waals surface area contributed by atoms with Gasteiger partial charge in [0.15, 0.2) is 10.9 Å². The Hall–Kier alpha value is -3.23. The molecular weight excluding hydrogens is 478 g/mol. The third-order valence-corrected chi connectivity index (χ3v) is 8.13. The first-order chi connectivity index (χ1) is 16.9. The van der Waals surface area contributed by atoms with Crippen LogP contribution in [0.4, 0.5) is 5.69 Å². The van der Waals surface area contributed by atoms with Gasteiger partial charge in [-0.1, -0.05) is 42.1 Å². The van der Waals surface area contributed by atoms with Crippen LogP contribution in [0.25, 0.3) is 21.3 Å². The number of Topliss-reactive ketones (excluding diaryl/α,β-unsaturated/α-hetero) is 1. The van der Waals surface area contributed by atoms with Crippen molar-refractivity contribution in [3.8, 4) is 11.1 Å². The number of aryl methyl sites for hydroxylation is 2. The van der Waals surface area contributed by atoms with Crippen LogP contribution >= 0.6 is 23.1 Å². The van der Waals surface area contributed by atoms with E-state index in [4.69, 9.17) is 0 Å². The first-order valence-corrected chi connectivity index (χ1v) is 13.4. The van der Waals surface area contributed by atoms with Crippen molar-refractivity contribution in [2.75, 3.05) is 5.32 Å². The van der Waals surface area contributed by atoms with Crippen molar-refractivity contribution < 1.29 is 9.59 Å². The Morgan fingerprint density at radius 3 is 2.71 bits per heavy atom. The number of hydrogen-bond donors (Lipinski definition) is 2. The zero-order valence-corrected chi connectivity index (χ0v) is 21.1. The van der Waals surface area contributed by atoms with Crippen molar-refractivity contribution in [1.29, 1.82) is 0 Å². The van der Waals surface area contributed by atoms with Crippen LogP contribution in [0.15, 0.2) is 57.8 Å². The number of hydrogen-bond acceptors (Lipinski definition) is 6. The molecule has 1 amide bonds. The number of thiophene rings is 1. The molecule has 2 aromatic heterocycles. The lowest BCUT2D eigenvalue weighted by Gasteiger charge is -2.16. The maximum Gasteiger partial charge on any atom is 0.260 e. The fourth-order valence-electron chi connectivity index (χ4n) is 4.38. The molecule has 1 atom stereocenters. The van der Waals surface area contributed by atoms with Crippen LogP contribution in [-0.2, 0) is 17.6 Å². The number of nitrogens with zero attached hydrogens (tertiary/aromatic N) is 1. The molecule has 0 radical (unpaired) electrons. The van der Waals surface area contributed by atoms with Gasteiger partial charge in [0, 0.05) is 22.2 Å². The first-order valence-electron chi connectivity index (χ1n) is 11.6. The van der Waals surface area contributed by atoms with E-state index in [0.29, 0.717) is 26.6 Å². The van der Waals surface area contributed by atoms with Gasteiger partial charge in [-0.05, 0) is 68.4 Å². The number of nitrogens with one attached hydrogen (secondary N) is 2. The van der Waals surface area contributed by atoms with Gasteiger partial charge in [0.2, 0.25) is 5.91 Å². The molecule has 35 heavy (non-hydrogen) atoms. The molecule has 6 nitrogen and oxygen atoms in total. The van der Waals surface area contributed by atoms with E-state index in [1.807, 2.05) is 5.38 Å². The fourth-order valence-corrected chi connectivity index (χ4v) is 6.18. The van der Waals surface area contributed by atoms with E-state index >= 15 is 0 Å². The maximum absolute atomic E-state index is 13.1. The molecule has 0 fully saturated rings. The topological polar surface area (TPSA) is 91.9 Å². The van der Waals surface area contributed by atoms with Crippen molar-refractivity contribution in [3.63, 3.8) is 0 Å². The number of carbonyl (C=O) groups is 2. The second kappa shape index (κ2) is 9.79. The summed E-state index contributed by atoms with van der Waals surface area (Å²) in [6.07, 6.45) is 4.65. The average molecular weight is 504 g/mol. The number of anilines is 1. The van der Waals surface area contributed by atoms with Crippen LogP contribution in [0.1, 0.15) is 48.2 Å². The highest BCUT2D eigenvalue weighted by Crippen LogP contribution is 2.34. The molecule has 178 valence electrons. The second-order valence-electron chi connectivity index (χ2n) is 8.78. The van der Waals surface area contributed by atoms with Crippen molar-refractivity contribution in [3.05, 3.63) is 74.9 Å². The summed E-state index contributed by atoms with van der Waals surface area (Å²) in [5.41, 5.74) is 5.62. The predicted molar refractivity (Wildman–Crippen MR) is 143 cm³/mol. The van der Waals surface area contributed by atoms with Gasteiger partial charge in [-0.25, -0.2) is 4.98 Å². The lowest BCUT2D eigenvalue weighted by atomic mass is 9.89. The minimum Gasteiger partial charge on any atom is -0.325 e. The number of thioether (sulfide) groups is 1. The summed E-state index contributed by atoms with van der Waals surface area (Å²) >= 11 is 2.64. The van der Waals surface area contributed by atoms with E-state index in [9.17, 15) is 14.4 Å². The van der Waals surface area contributed by atoms with E-state index in [2.05, 4.69) is 33.5 Å². The Kier molecular flexibility index (Phi) is 6.58. The van der Waals surface area contributed by atoms with Gasteiger partial charge in [0.1, 0.15) is 4.83 Å². The van der Waals surface area contributed by atoms with E-state index in [0.717, 1.165) is 24.0 Å². The molecule has 0 bridgehead atoms. The smallest absolute Gasteiger partial charge is 0.260 e. The Morgan fingerprint density at radius 2 is 1.91 bits per heavy atom. The molecule has 1 aliphatic rings. The highest BCUT2D eigenvalue weighted by Gasteiger charge is 2.20. The van der Waals surface area contributed by atoms with Crippen LogP contribution in [0.2, 0.25) is 0 Å². The number of fused-ring (bicyclic) bond motifs is 2. The summed E-state index contributed by atoms with van der Waals surface area (Å²) in [5.74, 6) is -0.302. The minimum absolute atomic E-state index is 0.0655. The van der Waals surface area contributed by atoms with Gasteiger partial charge in [0.25, 0.3) is 5.56 Å². The molecule has 0 saturated carbocycles. The van der Waals surface area contributed by atoms with Crippen molar-refractivity contribution in [1.82, 2.24) is 9.97 Å². The van der Waals surface area contributed by atoms with Crippen molar-refractivity contribution in [2.45, 2.75) is 49.9 Å². The molecule has 1 unspecified atom stereocenters. The first kappa shape index (κ1) is 23.5. The summed E-state index contributed by atoms with van der Waals surface area (Å²) in [4.78, 5) is 45.5. The summed E-state index contributed by atoms with van der Waals surface area (Å²) < 4.78 is 0. The second-order valence-corrected chi connectivity index (χ2v) is 11.0. The van der Waals surface area contributed by atoms with Crippen LogP contribution in [0.5, 0.6) is 0 Å². The zero-order chi connectivity index (χ0) is 24.5. The zero-order valence-electron chi connectivity index (χ0n) is 19.5. The lowest BCUT2D eigenvalue weighted by Crippen LogP contribution is -2.23. The number of ketones is 1. The molecule has 0 saturated heterocycles. The molecule has 2 aromatic carbocycles. The molecule has 0 aliphatic heterocycles. The Bertz CT molecular complexity index is 1510. The summed E-state index contributed by atoms with van der Waals surface area (Å²) in [6, 6.07) is 13.3. The fraction of sp³-hybridized carbons (Fsp3) is 0.259. The number of carbonyl (C=O) groups excluding carboxylic acids is 2. The Balaban J connectivity index is 1.36. The summed E-state index contributed by atoms with van der Waals surface area (Å²) in [6.45, 7) is 3.24. The van der Waals surface area contributed by atoms with Crippen molar-refractivity contribution in [2.24, 2.45) is 0 Å². The average Bonchev–Trinajstić information content (AvgIpc) is 3.28. The van der Waals surface area contributed by atoms with Crippen LogP contribution in [-0.4, -0.2) is 26.9 Å². The van der Waals surface area contributed by atoms with E-state index in [-0.39, 0.29) is 17.2 Å². The number of H-pyrrole nitrogens is 1. The highest BCUT2D eigenvalue weighted by molar-refractivity contribution is 8.00. The Labute approximate surface area is 211 Å². The van der Waals surface area contributed by atoms with Gasteiger partial charge in [0.05, 0.1) is 10.6 Å². The molecule has 8 heteroatoms. The highest BCUT2D eigenvalue weighted by atomic mass is 32.2. The van der Waals surface area contributed by atoms with E-state index in [1.54, 1.807) is 31.2 Å². The lowest BCUT2D eigenvalue weighted by molar-refractivity contribution is -0.115. The van der Waals surface area contributed by atoms with Gasteiger partial charge >= 0.3 is 0 Å². The number of aromatic nitrogens is 2. The SMILES string of the molecule is CC(=O)c1cccc(NC(=O)C(C)Sc2nc3scc(-c4ccc5c(c4)CCCC5)c3c(=O)[nH]2)c1. The third-order valence-electron chi connectivity index (χ3n) is 6.28. The number of amides is 1. The van der Waals surface area contributed by atoms with Crippen LogP contribution in [0.3, 0.4) is 0 Å². The Morgan fingerprint density at radius 1 is 1.11 bits per heavy atom. The molecule has 1 aliphatic carbocycles. The van der Waals surface area contributed by atoms with Gasteiger partial charge in [-0.15, -0.1) is 11.3 Å². The van der Waals surface area contributed by atoms with Crippen molar-refractivity contribution >= 4 is 50.7 Å². The van der Waals surface area contributed by atoms with Crippen LogP contribution in [0, 0.1) is 0 Å².